The van der Waals surface area contributed by atoms with Crippen LogP contribution in [0.1, 0.15) is 80.2 Å². The standard InChI is InChI=1S/C21H30N2O5.C13H24N2O3.CH4/c1-20(2,3)28-19(25)22-11-9-21(10-12-22)16-23(13-14-27-21)18(24)26-15-17-7-5-4-6-8-17;1-12(2,3)18-11(16)15-7-4-13(5-8-15)10-14-6-9-17-13;/h4-8H,9-16H2,1-3H3;14H,4-10H2,1-3H3;1H4. The summed E-state index contributed by atoms with van der Waals surface area (Å²) in [7, 11) is 0. The van der Waals surface area contributed by atoms with Crippen molar-refractivity contribution in [3.63, 3.8) is 0 Å². The van der Waals surface area contributed by atoms with Gasteiger partial charge in [-0.2, -0.15) is 0 Å². The molecule has 4 aliphatic heterocycles. The van der Waals surface area contributed by atoms with Crippen LogP contribution in [0, 0.1) is 0 Å². The van der Waals surface area contributed by atoms with Crippen molar-refractivity contribution in [1.82, 2.24) is 20.0 Å². The maximum absolute atomic E-state index is 12.5. The molecule has 12 nitrogen and oxygen atoms in total. The molecular weight excluding hydrogens is 604 g/mol. The van der Waals surface area contributed by atoms with Gasteiger partial charge in [0.2, 0.25) is 0 Å². The second kappa shape index (κ2) is 16.3. The number of carbonyl (C=O) groups is 3. The van der Waals surface area contributed by atoms with Crippen molar-refractivity contribution in [2.75, 3.05) is 65.6 Å². The number of carbonyl (C=O) groups excluding carboxylic acids is 3. The summed E-state index contributed by atoms with van der Waals surface area (Å²) in [5.74, 6) is 0. The topological polar surface area (TPSA) is 119 Å². The van der Waals surface area contributed by atoms with Crippen LogP contribution in [0.25, 0.3) is 0 Å². The molecule has 1 aromatic carbocycles. The molecule has 3 amide bonds. The van der Waals surface area contributed by atoms with E-state index in [1.54, 1.807) is 14.7 Å². The molecule has 0 aromatic heterocycles. The van der Waals surface area contributed by atoms with Crippen LogP contribution >= 0.6 is 0 Å². The van der Waals surface area contributed by atoms with E-state index >= 15 is 0 Å². The first-order valence-electron chi connectivity index (χ1n) is 16.6. The zero-order valence-corrected chi connectivity index (χ0v) is 28.6. The quantitative estimate of drug-likeness (QED) is 0.413. The van der Waals surface area contributed by atoms with Gasteiger partial charge in [-0.05, 0) is 72.8 Å². The molecule has 0 saturated carbocycles. The number of rotatable bonds is 2. The van der Waals surface area contributed by atoms with Crippen LogP contribution in [0.4, 0.5) is 14.4 Å². The third-order valence-electron chi connectivity index (χ3n) is 8.50. The number of nitrogens with zero attached hydrogens (tertiary/aromatic N) is 3. The van der Waals surface area contributed by atoms with Crippen molar-refractivity contribution in [3.8, 4) is 0 Å². The Morgan fingerprint density at radius 1 is 0.723 bits per heavy atom. The van der Waals surface area contributed by atoms with Crippen LogP contribution in [-0.4, -0.2) is 121 Å². The summed E-state index contributed by atoms with van der Waals surface area (Å²) in [5.41, 5.74) is -0.439. The number of nitrogens with one attached hydrogen (secondary N) is 1. The summed E-state index contributed by atoms with van der Waals surface area (Å²) >= 11 is 0. The lowest BCUT2D eigenvalue weighted by molar-refractivity contribution is -0.129. The van der Waals surface area contributed by atoms with Crippen molar-refractivity contribution < 1.29 is 38.1 Å². The summed E-state index contributed by atoms with van der Waals surface area (Å²) in [6, 6.07) is 9.64. The van der Waals surface area contributed by atoms with Gasteiger partial charge in [-0.1, -0.05) is 37.8 Å². The van der Waals surface area contributed by atoms with Gasteiger partial charge < -0.3 is 43.7 Å². The Bertz CT molecular complexity index is 1140. The first-order valence-corrected chi connectivity index (χ1v) is 16.6. The zero-order chi connectivity index (χ0) is 33.4. The second-order valence-electron chi connectivity index (χ2n) is 14.6. The Morgan fingerprint density at radius 2 is 1.23 bits per heavy atom. The van der Waals surface area contributed by atoms with Crippen molar-refractivity contribution in [2.24, 2.45) is 0 Å². The van der Waals surface area contributed by atoms with Crippen LogP contribution in [-0.2, 0) is 30.3 Å². The van der Waals surface area contributed by atoms with E-state index in [2.05, 4.69) is 5.32 Å². The highest BCUT2D eigenvalue weighted by atomic mass is 16.6. The fourth-order valence-corrected chi connectivity index (χ4v) is 5.99. The summed E-state index contributed by atoms with van der Waals surface area (Å²) < 4.78 is 28.2. The maximum atomic E-state index is 12.5. The molecule has 1 aromatic rings. The summed E-state index contributed by atoms with van der Waals surface area (Å²) in [4.78, 5) is 41.9. The number of hydrogen-bond acceptors (Lipinski definition) is 9. The molecule has 4 fully saturated rings. The minimum atomic E-state index is -0.507. The number of ether oxygens (including phenoxy) is 5. The Balaban J connectivity index is 0.000000274. The molecule has 0 unspecified atom stereocenters. The highest BCUT2D eigenvalue weighted by Gasteiger charge is 2.43. The Kier molecular flexibility index (Phi) is 13.3. The molecule has 266 valence electrons. The van der Waals surface area contributed by atoms with Crippen LogP contribution in [0.15, 0.2) is 30.3 Å². The monoisotopic (exact) mass is 662 g/mol. The molecule has 5 rings (SSSR count). The lowest BCUT2D eigenvalue weighted by Crippen LogP contribution is -2.58. The molecule has 4 saturated heterocycles. The van der Waals surface area contributed by atoms with Crippen LogP contribution < -0.4 is 5.32 Å². The number of hydrogen-bond donors (Lipinski definition) is 1. The molecule has 0 bridgehead atoms. The second-order valence-corrected chi connectivity index (χ2v) is 14.6. The molecule has 0 atom stereocenters. The number of benzene rings is 1. The minimum Gasteiger partial charge on any atom is -0.445 e. The molecule has 4 heterocycles. The van der Waals surface area contributed by atoms with Gasteiger partial charge in [0.15, 0.2) is 0 Å². The van der Waals surface area contributed by atoms with E-state index in [-0.39, 0.29) is 37.9 Å². The van der Waals surface area contributed by atoms with Gasteiger partial charge in [0.25, 0.3) is 0 Å². The molecule has 47 heavy (non-hydrogen) atoms. The average Bonchev–Trinajstić information content (AvgIpc) is 3.00. The van der Waals surface area contributed by atoms with Gasteiger partial charge in [-0.3, -0.25) is 0 Å². The normalized spacial score (nSPS) is 20.8. The van der Waals surface area contributed by atoms with E-state index in [0.717, 1.165) is 51.2 Å². The lowest BCUT2D eigenvalue weighted by Gasteiger charge is -2.46. The van der Waals surface area contributed by atoms with E-state index in [0.29, 0.717) is 45.6 Å². The van der Waals surface area contributed by atoms with Crippen LogP contribution in [0.2, 0.25) is 0 Å². The summed E-state index contributed by atoms with van der Waals surface area (Å²) in [6.07, 6.45) is 2.31. The summed E-state index contributed by atoms with van der Waals surface area (Å²) in [5, 5.41) is 3.37. The fourth-order valence-electron chi connectivity index (χ4n) is 5.99. The highest BCUT2D eigenvalue weighted by Crippen LogP contribution is 2.31. The molecular formula is C35H58N4O8. The SMILES string of the molecule is C.CC(C)(C)OC(=O)N1CCC2(CC1)CN(C(=O)OCc1ccccc1)CCO2.CC(C)(C)OC(=O)N1CCC2(CC1)CNCCO2. The Hall–Kier alpha value is -3.09. The molecule has 4 aliphatic rings. The number of amides is 3. The molecule has 12 heteroatoms. The lowest BCUT2D eigenvalue weighted by atomic mass is 9.89. The van der Waals surface area contributed by atoms with Gasteiger partial charge in [-0.25, -0.2) is 14.4 Å². The molecule has 0 radical (unpaired) electrons. The predicted octanol–water partition coefficient (Wildman–Crippen LogP) is 5.44. The third kappa shape index (κ3) is 11.8. The zero-order valence-electron chi connectivity index (χ0n) is 28.6. The van der Waals surface area contributed by atoms with E-state index in [9.17, 15) is 14.4 Å². The highest BCUT2D eigenvalue weighted by molar-refractivity contribution is 5.69. The van der Waals surface area contributed by atoms with Gasteiger partial charge >= 0.3 is 18.3 Å². The van der Waals surface area contributed by atoms with Gasteiger partial charge in [0.1, 0.15) is 17.8 Å². The summed E-state index contributed by atoms with van der Waals surface area (Å²) in [6.45, 7) is 18.2. The van der Waals surface area contributed by atoms with Crippen molar-refractivity contribution in [1.29, 1.82) is 0 Å². The third-order valence-corrected chi connectivity index (χ3v) is 8.50. The Labute approximate surface area is 281 Å². The van der Waals surface area contributed by atoms with Gasteiger partial charge in [0.05, 0.1) is 31.0 Å². The number of likely N-dealkylation sites (tertiary alicyclic amines) is 2. The number of morpholine rings is 2. The van der Waals surface area contributed by atoms with E-state index in [1.165, 1.54) is 0 Å². The molecule has 0 aliphatic carbocycles. The number of piperidine rings is 2. The van der Waals surface area contributed by atoms with E-state index in [1.807, 2.05) is 71.9 Å². The largest absolute Gasteiger partial charge is 0.445 e. The molecule has 2 spiro atoms. The van der Waals surface area contributed by atoms with Crippen LogP contribution in [0.3, 0.4) is 0 Å². The smallest absolute Gasteiger partial charge is 0.410 e. The van der Waals surface area contributed by atoms with Crippen molar-refractivity contribution >= 4 is 18.3 Å². The first-order chi connectivity index (χ1) is 21.7. The van der Waals surface area contributed by atoms with Crippen molar-refractivity contribution in [2.45, 2.75) is 104 Å². The maximum Gasteiger partial charge on any atom is 0.410 e. The fraction of sp³-hybridized carbons (Fsp3) is 0.743. The minimum absolute atomic E-state index is 0. The predicted molar refractivity (Wildman–Crippen MR) is 179 cm³/mol. The van der Waals surface area contributed by atoms with Gasteiger partial charge in [-0.15, -0.1) is 0 Å². The molecule has 1 N–H and O–H groups in total. The average molecular weight is 663 g/mol. The van der Waals surface area contributed by atoms with E-state index in [4.69, 9.17) is 23.7 Å². The van der Waals surface area contributed by atoms with E-state index < -0.39 is 16.8 Å². The van der Waals surface area contributed by atoms with Gasteiger partial charge in [0, 0.05) is 45.8 Å². The van der Waals surface area contributed by atoms with Crippen molar-refractivity contribution in [3.05, 3.63) is 35.9 Å². The first kappa shape index (κ1) is 38.4. The Morgan fingerprint density at radius 3 is 1.72 bits per heavy atom. The van der Waals surface area contributed by atoms with Crippen LogP contribution in [0.5, 0.6) is 0 Å².